The van der Waals surface area contributed by atoms with Gasteiger partial charge in [-0.3, -0.25) is 11.3 Å². The first-order valence-corrected chi connectivity index (χ1v) is 6.83. The zero-order valence-electron chi connectivity index (χ0n) is 11.4. The van der Waals surface area contributed by atoms with Gasteiger partial charge < -0.3 is 4.74 Å². The highest BCUT2D eigenvalue weighted by molar-refractivity contribution is 5.40. The number of hydrogen-bond acceptors (Lipinski definition) is 3. The van der Waals surface area contributed by atoms with Gasteiger partial charge in [0.2, 0.25) is 0 Å². The van der Waals surface area contributed by atoms with Crippen LogP contribution >= 0.6 is 0 Å². The van der Waals surface area contributed by atoms with Crippen molar-refractivity contribution in [1.82, 2.24) is 5.43 Å². The summed E-state index contributed by atoms with van der Waals surface area (Å²) < 4.78 is 32.2. The first kappa shape index (κ1) is 14.0. The van der Waals surface area contributed by atoms with Crippen LogP contribution in [0.25, 0.3) is 0 Å². The summed E-state index contributed by atoms with van der Waals surface area (Å²) in [7, 11) is 0. The van der Waals surface area contributed by atoms with E-state index in [1.807, 2.05) is 24.3 Å². The smallest absolute Gasteiger partial charge is 0.159 e. The molecule has 0 saturated carbocycles. The van der Waals surface area contributed by atoms with E-state index in [0.717, 1.165) is 23.8 Å². The van der Waals surface area contributed by atoms with Crippen molar-refractivity contribution in [2.75, 3.05) is 6.61 Å². The molecule has 0 radical (unpaired) electrons. The number of halogens is 2. The zero-order chi connectivity index (χ0) is 14.8. The summed E-state index contributed by atoms with van der Waals surface area (Å²) >= 11 is 0. The predicted molar refractivity (Wildman–Crippen MR) is 75.7 cm³/mol. The van der Waals surface area contributed by atoms with E-state index in [0.29, 0.717) is 12.2 Å². The summed E-state index contributed by atoms with van der Waals surface area (Å²) in [5.41, 5.74) is 4.38. The molecule has 3 rings (SSSR count). The second-order valence-electron chi connectivity index (χ2n) is 5.10. The van der Waals surface area contributed by atoms with Gasteiger partial charge in [0, 0.05) is 5.92 Å². The van der Waals surface area contributed by atoms with Crippen molar-refractivity contribution in [2.45, 2.75) is 18.4 Å². The number of ether oxygens (including phenoxy) is 1. The SMILES string of the molecule is NNC(c1ccc(F)c(F)c1)C1CCOc2ccccc21. The molecule has 2 atom stereocenters. The van der Waals surface area contributed by atoms with Gasteiger partial charge in [0.25, 0.3) is 0 Å². The highest BCUT2D eigenvalue weighted by atomic mass is 19.2. The average molecular weight is 290 g/mol. The van der Waals surface area contributed by atoms with Crippen LogP contribution in [0.2, 0.25) is 0 Å². The van der Waals surface area contributed by atoms with Crippen molar-refractivity contribution in [2.24, 2.45) is 5.84 Å². The Balaban J connectivity index is 1.99. The third-order valence-corrected chi connectivity index (χ3v) is 3.89. The first-order valence-electron chi connectivity index (χ1n) is 6.83. The van der Waals surface area contributed by atoms with Crippen LogP contribution in [0.3, 0.4) is 0 Å². The minimum absolute atomic E-state index is 0.0461. The summed E-state index contributed by atoms with van der Waals surface area (Å²) in [6.07, 6.45) is 0.755. The van der Waals surface area contributed by atoms with Crippen molar-refractivity contribution in [3.8, 4) is 5.75 Å². The Kier molecular flexibility index (Phi) is 3.86. The van der Waals surface area contributed by atoms with E-state index < -0.39 is 11.6 Å². The first-order chi connectivity index (χ1) is 10.2. The molecule has 1 aliphatic rings. The number of nitrogens with two attached hydrogens (primary N) is 1. The average Bonchev–Trinajstić information content (AvgIpc) is 2.52. The summed E-state index contributed by atoms with van der Waals surface area (Å²) in [6.45, 7) is 0.573. The molecule has 3 N–H and O–H groups in total. The Morgan fingerprint density at radius 1 is 1.14 bits per heavy atom. The largest absolute Gasteiger partial charge is 0.493 e. The number of rotatable bonds is 3. The number of nitrogens with one attached hydrogen (secondary N) is 1. The molecular weight excluding hydrogens is 274 g/mol. The van der Waals surface area contributed by atoms with Crippen molar-refractivity contribution in [1.29, 1.82) is 0 Å². The van der Waals surface area contributed by atoms with Gasteiger partial charge >= 0.3 is 0 Å². The predicted octanol–water partition coefficient (Wildman–Crippen LogP) is 3.04. The summed E-state index contributed by atoms with van der Waals surface area (Å²) in [4.78, 5) is 0. The van der Waals surface area contributed by atoms with E-state index in [4.69, 9.17) is 10.6 Å². The molecule has 21 heavy (non-hydrogen) atoms. The lowest BCUT2D eigenvalue weighted by Gasteiger charge is -2.32. The molecular formula is C16H16F2N2O. The van der Waals surface area contributed by atoms with Crippen molar-refractivity contribution in [3.05, 3.63) is 65.2 Å². The summed E-state index contributed by atoms with van der Waals surface area (Å²) in [6, 6.07) is 11.3. The van der Waals surface area contributed by atoms with Gasteiger partial charge in [0.1, 0.15) is 5.75 Å². The van der Waals surface area contributed by atoms with Gasteiger partial charge in [0.15, 0.2) is 11.6 Å². The van der Waals surface area contributed by atoms with Crippen LogP contribution in [0.5, 0.6) is 5.75 Å². The fourth-order valence-corrected chi connectivity index (χ4v) is 2.87. The van der Waals surface area contributed by atoms with E-state index in [1.54, 1.807) is 6.07 Å². The number of para-hydroxylation sites is 1. The Hall–Kier alpha value is -1.98. The molecule has 0 spiro atoms. The topological polar surface area (TPSA) is 47.3 Å². The lowest BCUT2D eigenvalue weighted by Crippen LogP contribution is -2.34. The van der Waals surface area contributed by atoms with Crippen molar-refractivity contribution >= 4 is 0 Å². The third kappa shape index (κ3) is 2.62. The second-order valence-corrected chi connectivity index (χ2v) is 5.10. The van der Waals surface area contributed by atoms with Crippen LogP contribution in [-0.4, -0.2) is 6.61 Å². The van der Waals surface area contributed by atoms with Crippen molar-refractivity contribution in [3.63, 3.8) is 0 Å². The van der Waals surface area contributed by atoms with Crippen LogP contribution in [-0.2, 0) is 0 Å². The fourth-order valence-electron chi connectivity index (χ4n) is 2.87. The van der Waals surface area contributed by atoms with Gasteiger partial charge in [-0.1, -0.05) is 24.3 Å². The van der Waals surface area contributed by atoms with E-state index >= 15 is 0 Å². The van der Waals surface area contributed by atoms with Gasteiger partial charge in [-0.25, -0.2) is 8.78 Å². The molecule has 5 heteroatoms. The minimum atomic E-state index is -0.868. The highest BCUT2D eigenvalue weighted by Gasteiger charge is 2.29. The molecule has 2 aromatic rings. The van der Waals surface area contributed by atoms with E-state index in [2.05, 4.69) is 5.43 Å². The van der Waals surface area contributed by atoms with Crippen LogP contribution in [0, 0.1) is 11.6 Å². The molecule has 2 aromatic carbocycles. The standard InChI is InChI=1S/C16H16F2N2O/c17-13-6-5-10(9-14(13)18)16(20-19)12-7-8-21-15-4-2-1-3-11(12)15/h1-6,9,12,16,20H,7-8,19H2. The van der Waals surface area contributed by atoms with E-state index in [9.17, 15) is 8.78 Å². The highest BCUT2D eigenvalue weighted by Crippen LogP contribution is 2.41. The Bertz CT molecular complexity index is 648. The molecule has 0 aromatic heterocycles. The number of fused-ring (bicyclic) bond motifs is 1. The lowest BCUT2D eigenvalue weighted by molar-refractivity contribution is 0.246. The molecule has 0 fully saturated rings. The molecule has 0 bridgehead atoms. The maximum atomic E-state index is 13.5. The number of hydrogen-bond donors (Lipinski definition) is 2. The van der Waals surface area contributed by atoms with E-state index in [1.165, 1.54) is 6.07 Å². The molecule has 0 aliphatic carbocycles. The Morgan fingerprint density at radius 2 is 1.95 bits per heavy atom. The maximum absolute atomic E-state index is 13.5. The molecule has 1 aliphatic heterocycles. The lowest BCUT2D eigenvalue weighted by atomic mass is 9.83. The zero-order valence-corrected chi connectivity index (χ0v) is 11.4. The summed E-state index contributed by atoms with van der Waals surface area (Å²) in [5.74, 6) is 4.81. The van der Waals surface area contributed by atoms with Gasteiger partial charge in [0.05, 0.1) is 12.6 Å². The molecule has 3 nitrogen and oxygen atoms in total. The molecule has 110 valence electrons. The summed E-state index contributed by atoms with van der Waals surface area (Å²) in [5, 5.41) is 0. The monoisotopic (exact) mass is 290 g/mol. The van der Waals surface area contributed by atoms with E-state index in [-0.39, 0.29) is 12.0 Å². The van der Waals surface area contributed by atoms with Crippen LogP contribution in [0.4, 0.5) is 8.78 Å². The molecule has 0 saturated heterocycles. The third-order valence-electron chi connectivity index (χ3n) is 3.89. The second kappa shape index (κ2) is 5.79. The molecule has 2 unspecified atom stereocenters. The molecule has 1 heterocycles. The van der Waals surface area contributed by atoms with Crippen LogP contribution in [0.15, 0.2) is 42.5 Å². The van der Waals surface area contributed by atoms with Crippen molar-refractivity contribution < 1.29 is 13.5 Å². The van der Waals surface area contributed by atoms with Gasteiger partial charge in [-0.2, -0.15) is 0 Å². The molecule has 0 amide bonds. The minimum Gasteiger partial charge on any atom is -0.493 e. The van der Waals surface area contributed by atoms with Gasteiger partial charge in [-0.05, 0) is 35.7 Å². The number of benzene rings is 2. The van der Waals surface area contributed by atoms with Crippen LogP contribution < -0.4 is 16.0 Å². The quantitative estimate of drug-likeness (QED) is 0.674. The Morgan fingerprint density at radius 3 is 2.71 bits per heavy atom. The maximum Gasteiger partial charge on any atom is 0.159 e. The van der Waals surface area contributed by atoms with Gasteiger partial charge in [-0.15, -0.1) is 0 Å². The van der Waals surface area contributed by atoms with Crippen LogP contribution in [0.1, 0.15) is 29.5 Å². The normalized spacial score (nSPS) is 18.7. The Labute approximate surface area is 121 Å². The number of hydrazine groups is 1. The fraction of sp³-hybridized carbons (Fsp3) is 0.250.